The molecule has 1 amide bonds. The first-order chi connectivity index (χ1) is 13.1. The van der Waals surface area contributed by atoms with Gasteiger partial charge in [0, 0.05) is 26.2 Å². The minimum absolute atomic E-state index is 0.0408. The number of anilines is 1. The van der Waals surface area contributed by atoms with Crippen molar-refractivity contribution in [2.24, 2.45) is 0 Å². The molecule has 1 saturated heterocycles. The Balaban J connectivity index is 1.80. The van der Waals surface area contributed by atoms with Crippen LogP contribution in [0.2, 0.25) is 0 Å². The summed E-state index contributed by atoms with van der Waals surface area (Å²) < 4.78 is 5.32. The summed E-state index contributed by atoms with van der Waals surface area (Å²) in [7, 11) is 1.57. The van der Waals surface area contributed by atoms with Crippen molar-refractivity contribution in [1.82, 2.24) is 15.1 Å². The molecule has 0 bridgehead atoms. The number of nitrogens with zero attached hydrogens (tertiary/aromatic N) is 5. The van der Waals surface area contributed by atoms with Crippen LogP contribution >= 0.6 is 0 Å². The van der Waals surface area contributed by atoms with Crippen LogP contribution in [-0.2, 0) is 0 Å². The monoisotopic (exact) mass is 365 g/mol. The Bertz CT molecular complexity index is 890. The first-order valence-corrected chi connectivity index (χ1v) is 8.98. The topological polar surface area (TPSA) is 82.3 Å². The summed E-state index contributed by atoms with van der Waals surface area (Å²) in [5.74, 6) is 1.14. The third kappa shape index (κ3) is 3.70. The highest BCUT2D eigenvalue weighted by Gasteiger charge is 2.25. The van der Waals surface area contributed by atoms with Crippen molar-refractivity contribution in [1.29, 1.82) is 5.26 Å². The summed E-state index contributed by atoms with van der Waals surface area (Å²) in [6.07, 6.45) is 0.792. The maximum atomic E-state index is 12.9. The van der Waals surface area contributed by atoms with Crippen LogP contribution in [0, 0.1) is 25.2 Å². The predicted octanol–water partition coefficient (Wildman–Crippen LogP) is 2.33. The van der Waals surface area contributed by atoms with E-state index in [0.717, 1.165) is 24.2 Å². The number of carbonyl (C=O) groups excluding carboxylic acids is 1. The van der Waals surface area contributed by atoms with E-state index < -0.39 is 0 Å². The number of methoxy groups -OCH3 is 1. The molecule has 1 aliphatic heterocycles. The predicted molar refractivity (Wildman–Crippen MR) is 102 cm³/mol. The number of hydrogen-bond donors (Lipinski definition) is 0. The standard InChI is InChI=1S/C20H23N5O2/c1-14-15(2)22-23-19(17(14)13-21)24-9-6-10-25(12-11-24)20(26)16-7-4-5-8-18(16)27-3/h4-5,7-8H,6,9-12H2,1-3H3. The fourth-order valence-corrected chi connectivity index (χ4v) is 3.28. The maximum absolute atomic E-state index is 12.9. The molecule has 2 aromatic rings. The zero-order valence-corrected chi connectivity index (χ0v) is 15.9. The van der Waals surface area contributed by atoms with E-state index in [0.29, 0.717) is 42.3 Å². The Morgan fingerprint density at radius 1 is 1.15 bits per heavy atom. The number of ether oxygens (including phenoxy) is 1. The van der Waals surface area contributed by atoms with Gasteiger partial charge >= 0.3 is 0 Å². The number of para-hydroxylation sites is 1. The van der Waals surface area contributed by atoms with Gasteiger partial charge in [-0.25, -0.2) is 0 Å². The second-order valence-corrected chi connectivity index (χ2v) is 6.55. The molecule has 27 heavy (non-hydrogen) atoms. The minimum Gasteiger partial charge on any atom is -0.496 e. The molecule has 0 radical (unpaired) electrons. The van der Waals surface area contributed by atoms with E-state index in [4.69, 9.17) is 4.74 Å². The molecule has 7 nitrogen and oxygen atoms in total. The molecule has 0 aliphatic carbocycles. The van der Waals surface area contributed by atoms with Crippen molar-refractivity contribution in [2.75, 3.05) is 38.2 Å². The van der Waals surface area contributed by atoms with Gasteiger partial charge in [0.15, 0.2) is 5.82 Å². The van der Waals surface area contributed by atoms with E-state index in [1.807, 2.05) is 35.8 Å². The van der Waals surface area contributed by atoms with E-state index >= 15 is 0 Å². The van der Waals surface area contributed by atoms with E-state index in [9.17, 15) is 10.1 Å². The molecular formula is C20H23N5O2. The Hall–Kier alpha value is -3.14. The maximum Gasteiger partial charge on any atom is 0.257 e. The zero-order valence-electron chi connectivity index (χ0n) is 15.9. The first-order valence-electron chi connectivity index (χ1n) is 8.98. The Morgan fingerprint density at radius 3 is 2.67 bits per heavy atom. The van der Waals surface area contributed by atoms with Crippen LogP contribution in [0.25, 0.3) is 0 Å². The van der Waals surface area contributed by atoms with Crippen LogP contribution in [0.3, 0.4) is 0 Å². The Kier molecular flexibility index (Phi) is 5.55. The highest BCUT2D eigenvalue weighted by molar-refractivity contribution is 5.97. The molecule has 1 aliphatic rings. The summed E-state index contributed by atoms with van der Waals surface area (Å²) >= 11 is 0. The quantitative estimate of drug-likeness (QED) is 0.830. The molecule has 0 atom stereocenters. The van der Waals surface area contributed by atoms with E-state index in [2.05, 4.69) is 16.3 Å². The molecule has 0 N–H and O–H groups in total. The average molecular weight is 365 g/mol. The van der Waals surface area contributed by atoms with Crippen LogP contribution in [0.15, 0.2) is 24.3 Å². The van der Waals surface area contributed by atoms with Gasteiger partial charge in [-0.15, -0.1) is 5.10 Å². The molecule has 3 rings (SSSR count). The van der Waals surface area contributed by atoms with Crippen molar-refractivity contribution in [3.05, 3.63) is 46.6 Å². The van der Waals surface area contributed by atoms with Gasteiger partial charge in [0.25, 0.3) is 5.91 Å². The molecule has 1 aromatic heterocycles. The fraction of sp³-hybridized carbons (Fsp3) is 0.400. The summed E-state index contributed by atoms with van der Waals surface area (Å²) in [5, 5.41) is 18.0. The molecule has 1 fully saturated rings. The van der Waals surface area contributed by atoms with Gasteiger partial charge in [-0.3, -0.25) is 4.79 Å². The number of carbonyl (C=O) groups is 1. The van der Waals surface area contributed by atoms with E-state index in [1.165, 1.54) is 0 Å². The van der Waals surface area contributed by atoms with Gasteiger partial charge in [-0.1, -0.05) is 12.1 Å². The van der Waals surface area contributed by atoms with Gasteiger partial charge < -0.3 is 14.5 Å². The lowest BCUT2D eigenvalue weighted by Crippen LogP contribution is -2.36. The number of aryl methyl sites for hydroxylation is 1. The first kappa shape index (κ1) is 18.6. The van der Waals surface area contributed by atoms with Gasteiger partial charge in [0.1, 0.15) is 17.4 Å². The molecular weight excluding hydrogens is 342 g/mol. The van der Waals surface area contributed by atoms with Crippen LogP contribution in [0.4, 0.5) is 5.82 Å². The summed E-state index contributed by atoms with van der Waals surface area (Å²) in [4.78, 5) is 16.8. The van der Waals surface area contributed by atoms with Crippen molar-refractivity contribution in [2.45, 2.75) is 20.3 Å². The molecule has 0 unspecified atom stereocenters. The average Bonchev–Trinajstić information content (AvgIpc) is 2.95. The molecule has 1 aromatic carbocycles. The second kappa shape index (κ2) is 8.04. The molecule has 140 valence electrons. The van der Waals surface area contributed by atoms with Crippen LogP contribution in [-0.4, -0.2) is 54.3 Å². The third-order valence-electron chi connectivity index (χ3n) is 4.97. The van der Waals surface area contributed by atoms with Gasteiger partial charge in [0.2, 0.25) is 0 Å². The smallest absolute Gasteiger partial charge is 0.257 e. The minimum atomic E-state index is -0.0408. The number of aromatic nitrogens is 2. The number of rotatable bonds is 3. The largest absolute Gasteiger partial charge is 0.496 e. The van der Waals surface area contributed by atoms with Crippen molar-refractivity contribution < 1.29 is 9.53 Å². The van der Waals surface area contributed by atoms with E-state index in [-0.39, 0.29) is 5.91 Å². The highest BCUT2D eigenvalue weighted by Crippen LogP contribution is 2.24. The lowest BCUT2D eigenvalue weighted by atomic mass is 10.1. The number of hydrogen-bond acceptors (Lipinski definition) is 6. The summed E-state index contributed by atoms with van der Waals surface area (Å²) in [6, 6.07) is 9.52. The van der Waals surface area contributed by atoms with E-state index in [1.54, 1.807) is 19.2 Å². The van der Waals surface area contributed by atoms with Crippen LogP contribution in [0.1, 0.15) is 33.6 Å². The highest BCUT2D eigenvalue weighted by atomic mass is 16.5. The number of benzene rings is 1. The SMILES string of the molecule is COc1ccccc1C(=O)N1CCCN(c2nnc(C)c(C)c2C#N)CC1. The molecule has 0 saturated carbocycles. The lowest BCUT2D eigenvalue weighted by molar-refractivity contribution is 0.0763. The number of nitriles is 1. The molecule has 7 heteroatoms. The second-order valence-electron chi connectivity index (χ2n) is 6.55. The normalized spacial score (nSPS) is 14.4. The third-order valence-corrected chi connectivity index (χ3v) is 4.97. The summed E-state index contributed by atoms with van der Waals surface area (Å²) in [6.45, 7) is 6.27. The van der Waals surface area contributed by atoms with Gasteiger partial charge in [0.05, 0.1) is 18.4 Å². The molecule has 0 spiro atoms. The van der Waals surface area contributed by atoms with Crippen LogP contribution in [0.5, 0.6) is 5.75 Å². The zero-order chi connectivity index (χ0) is 19.4. The lowest BCUT2D eigenvalue weighted by Gasteiger charge is -2.24. The summed E-state index contributed by atoms with van der Waals surface area (Å²) in [5.41, 5.74) is 2.75. The molecule has 2 heterocycles. The van der Waals surface area contributed by atoms with Crippen molar-refractivity contribution in [3.8, 4) is 11.8 Å². The number of amides is 1. The van der Waals surface area contributed by atoms with Crippen molar-refractivity contribution >= 4 is 11.7 Å². The fourth-order valence-electron chi connectivity index (χ4n) is 3.28. The van der Waals surface area contributed by atoms with Gasteiger partial charge in [-0.05, 0) is 38.0 Å². The van der Waals surface area contributed by atoms with Crippen LogP contribution < -0.4 is 9.64 Å². The Morgan fingerprint density at radius 2 is 1.93 bits per heavy atom. The van der Waals surface area contributed by atoms with Gasteiger partial charge in [-0.2, -0.15) is 10.4 Å². The Labute approximate surface area is 159 Å². The van der Waals surface area contributed by atoms with Crippen molar-refractivity contribution in [3.63, 3.8) is 0 Å².